The quantitative estimate of drug-likeness (QED) is 0.872. The van der Waals surface area contributed by atoms with Crippen LogP contribution in [0.1, 0.15) is 10.5 Å². The number of carbonyl (C=O) groups is 2. The summed E-state index contributed by atoms with van der Waals surface area (Å²) in [5.41, 5.74) is 0.454. The molecule has 0 unspecified atom stereocenters. The van der Waals surface area contributed by atoms with Gasteiger partial charge in [0.25, 0.3) is 5.91 Å². The predicted octanol–water partition coefficient (Wildman–Crippen LogP) is 0.713. The van der Waals surface area contributed by atoms with Crippen LogP contribution in [-0.2, 0) is 16.6 Å². The Morgan fingerprint density at radius 2 is 2.28 bits per heavy atom. The molecule has 1 aromatic rings. The van der Waals surface area contributed by atoms with E-state index in [4.69, 9.17) is 9.84 Å². The van der Waals surface area contributed by atoms with Crippen LogP contribution in [0.3, 0.4) is 0 Å². The van der Waals surface area contributed by atoms with Crippen molar-refractivity contribution in [3.05, 3.63) is 22.4 Å². The molecule has 18 heavy (non-hydrogen) atoms. The number of aromatic nitrogens is 1. The number of aliphatic carboxylic acids is 1. The van der Waals surface area contributed by atoms with E-state index in [1.165, 1.54) is 4.90 Å². The molecular weight excluding hydrogens is 304 g/mol. The molecule has 1 amide bonds. The molecule has 2 heterocycles. The number of rotatable bonds is 2. The summed E-state index contributed by atoms with van der Waals surface area (Å²) in [6, 6.07) is 0.761. The molecule has 0 saturated carbocycles. The second kappa shape index (κ2) is 5.11. The van der Waals surface area contributed by atoms with E-state index in [1.807, 2.05) is 0 Å². The van der Waals surface area contributed by atoms with Crippen molar-refractivity contribution in [2.75, 3.05) is 19.8 Å². The van der Waals surface area contributed by atoms with Crippen LogP contribution < -0.4 is 0 Å². The van der Waals surface area contributed by atoms with Gasteiger partial charge < -0.3 is 19.3 Å². The van der Waals surface area contributed by atoms with Gasteiger partial charge in [0.2, 0.25) is 0 Å². The van der Waals surface area contributed by atoms with Gasteiger partial charge in [0.05, 0.1) is 13.2 Å². The first-order valence-electron chi connectivity index (χ1n) is 5.44. The first kappa shape index (κ1) is 13.1. The van der Waals surface area contributed by atoms with Gasteiger partial charge in [-0.2, -0.15) is 0 Å². The zero-order valence-electron chi connectivity index (χ0n) is 9.80. The molecule has 7 heteroatoms. The van der Waals surface area contributed by atoms with Gasteiger partial charge in [-0.25, -0.2) is 4.79 Å². The van der Waals surface area contributed by atoms with E-state index in [9.17, 15) is 9.59 Å². The highest BCUT2D eigenvalue weighted by molar-refractivity contribution is 9.10. The van der Waals surface area contributed by atoms with Crippen molar-refractivity contribution in [3.8, 4) is 0 Å². The van der Waals surface area contributed by atoms with Crippen LogP contribution in [0.4, 0.5) is 0 Å². The number of carboxylic acid groups (broad SMARTS) is 1. The fourth-order valence-electron chi connectivity index (χ4n) is 1.94. The number of aryl methyl sites for hydroxylation is 1. The van der Waals surface area contributed by atoms with E-state index in [-0.39, 0.29) is 12.5 Å². The first-order chi connectivity index (χ1) is 8.50. The molecule has 1 fully saturated rings. The summed E-state index contributed by atoms with van der Waals surface area (Å²) in [5.74, 6) is -1.34. The lowest BCUT2D eigenvalue weighted by Gasteiger charge is -2.32. The maximum atomic E-state index is 12.3. The van der Waals surface area contributed by atoms with Crippen molar-refractivity contribution in [1.29, 1.82) is 0 Å². The van der Waals surface area contributed by atoms with Crippen molar-refractivity contribution < 1.29 is 19.4 Å². The highest BCUT2D eigenvalue weighted by Gasteiger charge is 2.34. The Morgan fingerprint density at radius 3 is 2.83 bits per heavy atom. The van der Waals surface area contributed by atoms with Crippen molar-refractivity contribution in [1.82, 2.24) is 9.47 Å². The lowest BCUT2D eigenvalue weighted by atomic mass is 10.2. The number of hydrogen-bond acceptors (Lipinski definition) is 3. The van der Waals surface area contributed by atoms with Gasteiger partial charge in [-0.05, 0) is 22.0 Å². The van der Waals surface area contributed by atoms with Crippen LogP contribution in [0, 0.1) is 0 Å². The van der Waals surface area contributed by atoms with Crippen molar-refractivity contribution in [3.63, 3.8) is 0 Å². The van der Waals surface area contributed by atoms with Gasteiger partial charge in [-0.1, -0.05) is 0 Å². The number of nitrogens with zero attached hydrogens (tertiary/aromatic N) is 2. The molecule has 1 aliphatic rings. The van der Waals surface area contributed by atoms with Crippen molar-refractivity contribution in [2.45, 2.75) is 6.04 Å². The Kier molecular flexibility index (Phi) is 3.72. The molecular formula is C11H13BrN2O4. The number of carbonyl (C=O) groups excluding carboxylic acids is 1. The minimum atomic E-state index is -1.05. The van der Waals surface area contributed by atoms with Gasteiger partial charge in [-0.15, -0.1) is 0 Å². The Morgan fingerprint density at radius 1 is 1.56 bits per heavy atom. The molecule has 1 aromatic heterocycles. The van der Waals surface area contributed by atoms with Crippen LogP contribution in [0.5, 0.6) is 0 Å². The zero-order valence-corrected chi connectivity index (χ0v) is 11.4. The lowest BCUT2D eigenvalue weighted by Crippen LogP contribution is -2.52. The number of hydrogen-bond donors (Lipinski definition) is 1. The van der Waals surface area contributed by atoms with E-state index >= 15 is 0 Å². The normalized spacial score (nSPS) is 19.9. The maximum Gasteiger partial charge on any atom is 0.328 e. The third kappa shape index (κ3) is 2.41. The zero-order chi connectivity index (χ0) is 13.3. The number of carboxylic acids is 1. The first-order valence-corrected chi connectivity index (χ1v) is 6.23. The highest BCUT2D eigenvalue weighted by atomic mass is 79.9. The Balaban J connectivity index is 2.26. The molecule has 6 nitrogen and oxygen atoms in total. The van der Waals surface area contributed by atoms with E-state index in [0.29, 0.717) is 18.8 Å². The predicted molar refractivity (Wildman–Crippen MR) is 66.4 cm³/mol. The Bertz CT molecular complexity index is 485. The molecule has 0 bridgehead atoms. The average Bonchev–Trinajstić information content (AvgIpc) is 2.67. The third-order valence-corrected chi connectivity index (χ3v) is 3.30. The number of halogens is 1. The lowest BCUT2D eigenvalue weighted by molar-refractivity contribution is -0.147. The molecule has 2 rings (SSSR count). The second-order valence-corrected chi connectivity index (χ2v) is 5.00. The van der Waals surface area contributed by atoms with E-state index in [0.717, 1.165) is 4.47 Å². The molecule has 1 saturated heterocycles. The summed E-state index contributed by atoms with van der Waals surface area (Å²) in [5, 5.41) is 9.09. The number of ether oxygens (including phenoxy) is 1. The molecule has 0 aliphatic carbocycles. The number of amides is 1. The molecule has 0 radical (unpaired) electrons. The summed E-state index contributed by atoms with van der Waals surface area (Å²) in [7, 11) is 1.74. The smallest absolute Gasteiger partial charge is 0.328 e. The largest absolute Gasteiger partial charge is 0.480 e. The Labute approximate surface area is 112 Å². The van der Waals surface area contributed by atoms with Crippen molar-refractivity contribution >= 4 is 27.8 Å². The van der Waals surface area contributed by atoms with Gasteiger partial charge in [0.15, 0.2) is 6.04 Å². The maximum absolute atomic E-state index is 12.3. The van der Waals surface area contributed by atoms with Crippen LogP contribution >= 0.6 is 15.9 Å². The van der Waals surface area contributed by atoms with E-state index in [2.05, 4.69) is 15.9 Å². The fraction of sp³-hybridized carbons (Fsp3) is 0.455. The molecule has 98 valence electrons. The second-order valence-electron chi connectivity index (χ2n) is 4.08. The summed E-state index contributed by atoms with van der Waals surface area (Å²) < 4.78 is 7.56. The van der Waals surface area contributed by atoms with Gasteiger partial charge in [-0.3, -0.25) is 4.79 Å². The van der Waals surface area contributed by atoms with Gasteiger partial charge in [0, 0.05) is 24.3 Å². The minimum absolute atomic E-state index is 0.0344. The summed E-state index contributed by atoms with van der Waals surface area (Å²) in [4.78, 5) is 24.8. The van der Waals surface area contributed by atoms with E-state index in [1.54, 1.807) is 23.9 Å². The van der Waals surface area contributed by atoms with Crippen LogP contribution in [0.15, 0.2) is 16.7 Å². The Hall–Kier alpha value is -1.34. The van der Waals surface area contributed by atoms with Crippen LogP contribution in [0.25, 0.3) is 0 Å². The minimum Gasteiger partial charge on any atom is -0.480 e. The average molecular weight is 317 g/mol. The third-order valence-electron chi connectivity index (χ3n) is 2.87. The van der Waals surface area contributed by atoms with Crippen LogP contribution in [-0.4, -0.2) is 52.3 Å². The summed E-state index contributed by atoms with van der Waals surface area (Å²) >= 11 is 3.29. The highest BCUT2D eigenvalue weighted by Crippen LogP contribution is 2.18. The summed E-state index contributed by atoms with van der Waals surface area (Å²) in [6.45, 7) is 0.687. The summed E-state index contributed by atoms with van der Waals surface area (Å²) in [6.07, 6.45) is 1.75. The van der Waals surface area contributed by atoms with E-state index < -0.39 is 12.0 Å². The monoisotopic (exact) mass is 316 g/mol. The standard InChI is InChI=1S/C11H13BrN2O4/c1-13-5-7(12)4-8(13)10(15)14-2-3-18-6-9(14)11(16)17/h4-5,9H,2-3,6H2,1H3,(H,16,17)/t9-/m0/s1. The van der Waals surface area contributed by atoms with Gasteiger partial charge in [0.1, 0.15) is 5.69 Å². The fourth-order valence-corrected chi connectivity index (χ4v) is 2.46. The SMILES string of the molecule is Cn1cc(Br)cc1C(=O)N1CCOC[C@H]1C(=O)O. The molecule has 0 aromatic carbocycles. The molecule has 1 N–H and O–H groups in total. The number of morpholine rings is 1. The van der Waals surface area contributed by atoms with Gasteiger partial charge >= 0.3 is 5.97 Å². The topological polar surface area (TPSA) is 71.8 Å². The molecule has 1 atom stereocenters. The van der Waals surface area contributed by atoms with Crippen molar-refractivity contribution in [2.24, 2.45) is 7.05 Å². The molecule has 0 spiro atoms. The molecule has 1 aliphatic heterocycles. The van der Waals surface area contributed by atoms with Crippen LogP contribution in [0.2, 0.25) is 0 Å².